The molecule has 140 valence electrons. The number of nitrogens with one attached hydrogen (secondary N) is 1. The number of carbonyl (C=O) groups is 1. The number of urea groups is 1. The van der Waals surface area contributed by atoms with Crippen LogP contribution in [0.4, 0.5) is 4.79 Å². The van der Waals surface area contributed by atoms with Crippen molar-refractivity contribution in [1.82, 2.24) is 14.5 Å². The number of nitrogens with zero attached hydrogens (tertiary/aromatic N) is 2. The maximum atomic E-state index is 12.6. The predicted molar refractivity (Wildman–Crippen MR) is 104 cm³/mol. The fraction of sp³-hybridized carbons (Fsp3) is 0.389. The maximum absolute atomic E-state index is 12.6. The van der Waals surface area contributed by atoms with Gasteiger partial charge in [0, 0.05) is 31.1 Å². The van der Waals surface area contributed by atoms with Crippen molar-refractivity contribution < 1.29 is 13.2 Å². The van der Waals surface area contributed by atoms with Gasteiger partial charge in [0.25, 0.3) is 0 Å². The average Bonchev–Trinajstić information content (AvgIpc) is 3.05. The molecule has 0 atom stereocenters. The Balaban J connectivity index is 1.50. The van der Waals surface area contributed by atoms with Gasteiger partial charge in [-0.1, -0.05) is 30.3 Å². The van der Waals surface area contributed by atoms with Crippen LogP contribution < -0.4 is 5.32 Å². The molecule has 1 aliphatic heterocycles. The maximum Gasteiger partial charge on any atom is 0.317 e. The Hall–Kier alpha value is -1.90. The van der Waals surface area contributed by atoms with Crippen LogP contribution in [0.5, 0.6) is 0 Å². The number of piperazine rings is 1. The van der Waals surface area contributed by atoms with Crippen molar-refractivity contribution in [3.8, 4) is 0 Å². The van der Waals surface area contributed by atoms with Gasteiger partial charge in [0.2, 0.25) is 10.0 Å². The largest absolute Gasteiger partial charge is 0.333 e. The smallest absolute Gasteiger partial charge is 0.317 e. The van der Waals surface area contributed by atoms with E-state index < -0.39 is 10.0 Å². The molecule has 1 fully saturated rings. The summed E-state index contributed by atoms with van der Waals surface area (Å²) >= 11 is 1.62. The van der Waals surface area contributed by atoms with Crippen molar-refractivity contribution >= 4 is 27.4 Å². The summed E-state index contributed by atoms with van der Waals surface area (Å²) in [4.78, 5) is 15.1. The van der Waals surface area contributed by atoms with E-state index in [4.69, 9.17) is 0 Å². The second kappa shape index (κ2) is 8.20. The zero-order valence-corrected chi connectivity index (χ0v) is 16.4. The highest BCUT2D eigenvalue weighted by Crippen LogP contribution is 2.16. The molecule has 1 aromatic heterocycles. The van der Waals surface area contributed by atoms with Gasteiger partial charge < -0.3 is 10.2 Å². The van der Waals surface area contributed by atoms with Gasteiger partial charge in [0.15, 0.2) is 0 Å². The highest BCUT2D eigenvalue weighted by molar-refractivity contribution is 7.88. The lowest BCUT2D eigenvalue weighted by Gasteiger charge is -2.34. The van der Waals surface area contributed by atoms with E-state index in [9.17, 15) is 13.2 Å². The monoisotopic (exact) mass is 393 g/mol. The molecule has 3 rings (SSSR count). The standard InChI is InChI=1S/C18H23N3O3S2/c1-15-7-12-25-17(15)13-19-18(22)20-8-10-21(11-9-20)26(23,24)14-16-5-3-2-4-6-16/h2-7,12H,8-11,13-14H2,1H3,(H,19,22). The van der Waals surface area contributed by atoms with Crippen LogP contribution in [0.3, 0.4) is 0 Å². The highest BCUT2D eigenvalue weighted by Gasteiger charge is 2.28. The van der Waals surface area contributed by atoms with Gasteiger partial charge in [-0.3, -0.25) is 0 Å². The molecule has 1 aliphatic rings. The van der Waals surface area contributed by atoms with Gasteiger partial charge in [-0.2, -0.15) is 4.31 Å². The number of carbonyl (C=O) groups excluding carboxylic acids is 1. The molecule has 26 heavy (non-hydrogen) atoms. The number of amides is 2. The summed E-state index contributed by atoms with van der Waals surface area (Å²) in [6.07, 6.45) is 0. The zero-order valence-electron chi connectivity index (χ0n) is 14.7. The van der Waals surface area contributed by atoms with Gasteiger partial charge >= 0.3 is 6.03 Å². The molecule has 1 aromatic carbocycles. The van der Waals surface area contributed by atoms with Crippen LogP contribution >= 0.6 is 11.3 Å². The quantitative estimate of drug-likeness (QED) is 0.848. The van der Waals surface area contributed by atoms with Crippen LogP contribution in [0.2, 0.25) is 0 Å². The lowest BCUT2D eigenvalue weighted by Crippen LogP contribution is -2.53. The molecule has 2 amide bonds. The van der Waals surface area contributed by atoms with E-state index in [1.54, 1.807) is 16.2 Å². The Kier molecular flexibility index (Phi) is 5.95. The third-order valence-electron chi connectivity index (χ3n) is 4.48. The fourth-order valence-corrected chi connectivity index (χ4v) is 5.26. The predicted octanol–water partition coefficient (Wildman–Crippen LogP) is 2.41. The van der Waals surface area contributed by atoms with Crippen molar-refractivity contribution in [2.24, 2.45) is 0 Å². The van der Waals surface area contributed by atoms with Crippen molar-refractivity contribution in [2.45, 2.75) is 19.2 Å². The topological polar surface area (TPSA) is 69.7 Å². The Bertz CT molecular complexity index is 842. The summed E-state index contributed by atoms with van der Waals surface area (Å²) in [6, 6.07) is 11.1. The lowest BCUT2D eigenvalue weighted by atomic mass is 10.2. The van der Waals surface area contributed by atoms with Crippen LogP contribution in [0.25, 0.3) is 0 Å². The molecular formula is C18H23N3O3S2. The zero-order chi connectivity index (χ0) is 18.6. The number of aryl methyl sites for hydroxylation is 1. The molecule has 0 saturated carbocycles. The molecule has 2 heterocycles. The number of thiophene rings is 1. The van der Waals surface area contributed by atoms with Crippen LogP contribution in [0, 0.1) is 6.92 Å². The molecule has 0 bridgehead atoms. The minimum atomic E-state index is -3.36. The summed E-state index contributed by atoms with van der Waals surface area (Å²) in [6.45, 7) is 4.01. The summed E-state index contributed by atoms with van der Waals surface area (Å²) < 4.78 is 26.6. The van der Waals surface area contributed by atoms with E-state index in [0.29, 0.717) is 32.7 Å². The lowest BCUT2D eigenvalue weighted by molar-refractivity contribution is 0.172. The van der Waals surface area contributed by atoms with Gasteiger partial charge in [-0.25, -0.2) is 13.2 Å². The molecule has 0 radical (unpaired) electrons. The van der Waals surface area contributed by atoms with Crippen molar-refractivity contribution in [1.29, 1.82) is 0 Å². The number of sulfonamides is 1. The van der Waals surface area contributed by atoms with E-state index >= 15 is 0 Å². The van der Waals surface area contributed by atoms with Crippen molar-refractivity contribution in [2.75, 3.05) is 26.2 Å². The first-order valence-corrected chi connectivity index (χ1v) is 11.0. The molecule has 6 nitrogen and oxygen atoms in total. The van der Waals surface area contributed by atoms with E-state index in [0.717, 1.165) is 10.4 Å². The Morgan fingerprint density at radius 1 is 1.12 bits per heavy atom. The molecule has 0 aliphatic carbocycles. The summed E-state index contributed by atoms with van der Waals surface area (Å²) in [5, 5.41) is 4.93. The number of benzene rings is 1. The van der Waals surface area contributed by atoms with Crippen molar-refractivity contribution in [3.05, 3.63) is 57.8 Å². The highest BCUT2D eigenvalue weighted by atomic mass is 32.2. The van der Waals surface area contributed by atoms with E-state index in [1.165, 1.54) is 9.87 Å². The van der Waals surface area contributed by atoms with E-state index in [2.05, 4.69) is 5.32 Å². The minimum absolute atomic E-state index is 0.00229. The van der Waals surface area contributed by atoms with E-state index in [1.807, 2.05) is 48.7 Å². The van der Waals surface area contributed by atoms with Crippen LogP contribution in [-0.4, -0.2) is 49.8 Å². The molecular weight excluding hydrogens is 370 g/mol. The third kappa shape index (κ3) is 4.63. The Morgan fingerprint density at radius 2 is 1.81 bits per heavy atom. The summed E-state index contributed by atoms with van der Waals surface area (Å²) in [7, 11) is -3.36. The molecule has 1 N–H and O–H groups in total. The first-order valence-electron chi connectivity index (χ1n) is 8.53. The molecule has 0 spiro atoms. The van der Waals surface area contributed by atoms with Crippen LogP contribution in [0.1, 0.15) is 16.0 Å². The second-order valence-corrected chi connectivity index (χ2v) is 9.28. The Labute approximate surface area is 158 Å². The average molecular weight is 394 g/mol. The van der Waals surface area contributed by atoms with Crippen LogP contribution in [0.15, 0.2) is 41.8 Å². The molecule has 2 aromatic rings. The minimum Gasteiger partial charge on any atom is -0.333 e. The molecule has 8 heteroatoms. The van der Waals surface area contributed by atoms with Gasteiger partial charge in [-0.05, 0) is 29.5 Å². The summed E-state index contributed by atoms with van der Waals surface area (Å²) in [5.74, 6) is -0.00229. The molecule has 1 saturated heterocycles. The first-order chi connectivity index (χ1) is 12.5. The fourth-order valence-electron chi connectivity index (χ4n) is 2.90. The second-order valence-electron chi connectivity index (χ2n) is 6.31. The van der Waals surface area contributed by atoms with E-state index in [-0.39, 0.29) is 11.8 Å². The van der Waals surface area contributed by atoms with Crippen LogP contribution in [-0.2, 0) is 22.3 Å². The SMILES string of the molecule is Cc1ccsc1CNC(=O)N1CCN(S(=O)(=O)Cc2ccccc2)CC1. The molecule has 0 unspecified atom stereocenters. The Morgan fingerprint density at radius 3 is 2.42 bits per heavy atom. The number of rotatable bonds is 5. The number of hydrogen-bond donors (Lipinski definition) is 1. The van der Waals surface area contributed by atoms with Gasteiger partial charge in [0.1, 0.15) is 0 Å². The van der Waals surface area contributed by atoms with Crippen molar-refractivity contribution in [3.63, 3.8) is 0 Å². The normalized spacial score (nSPS) is 15.8. The van der Waals surface area contributed by atoms with Gasteiger partial charge in [-0.15, -0.1) is 11.3 Å². The van der Waals surface area contributed by atoms with Gasteiger partial charge in [0.05, 0.1) is 12.3 Å². The first kappa shape index (κ1) is 18.9. The summed E-state index contributed by atoms with van der Waals surface area (Å²) in [5.41, 5.74) is 1.95. The third-order valence-corrected chi connectivity index (χ3v) is 7.35. The number of hydrogen-bond acceptors (Lipinski definition) is 4.